The fraction of sp³-hybridized carbons (Fsp3) is 0.769. The highest BCUT2D eigenvalue weighted by atomic mass is 16.1. The van der Waals surface area contributed by atoms with Crippen LogP contribution in [0.1, 0.15) is 52.9 Å². The van der Waals surface area contributed by atoms with Gasteiger partial charge in [0.25, 0.3) is 0 Å². The van der Waals surface area contributed by atoms with Gasteiger partial charge in [0.15, 0.2) is 0 Å². The van der Waals surface area contributed by atoms with Gasteiger partial charge >= 0.3 is 0 Å². The fourth-order valence-electron chi connectivity index (χ4n) is 1.50. The lowest BCUT2D eigenvalue weighted by Gasteiger charge is -2.23. The monoisotopic (exact) mass is 192 g/mol. The number of carbonyl (C=O) groups is 1. The molecule has 1 heteroatoms. The third kappa shape index (κ3) is 4.46. The van der Waals surface area contributed by atoms with Crippen molar-refractivity contribution in [3.8, 4) is 11.8 Å². The standard InChI is InChI=1S/C13H20O/c1-13(2,3)9-5-8-12(14)10-11-6-4-7-11/h11H,4,6-8,10H2,1-3H3. The Labute approximate surface area is 87.3 Å². The Bertz CT molecular complexity index is 255. The van der Waals surface area contributed by atoms with E-state index in [0.29, 0.717) is 18.1 Å². The summed E-state index contributed by atoms with van der Waals surface area (Å²) in [7, 11) is 0. The van der Waals surface area contributed by atoms with Gasteiger partial charge in [0.1, 0.15) is 5.78 Å². The molecule has 0 heterocycles. The zero-order chi connectivity index (χ0) is 10.6. The van der Waals surface area contributed by atoms with E-state index in [1.54, 1.807) is 0 Å². The maximum absolute atomic E-state index is 11.4. The van der Waals surface area contributed by atoms with E-state index in [0.717, 1.165) is 6.42 Å². The van der Waals surface area contributed by atoms with Crippen molar-refractivity contribution in [1.29, 1.82) is 0 Å². The number of rotatable bonds is 3. The van der Waals surface area contributed by atoms with Crippen LogP contribution in [0.15, 0.2) is 0 Å². The lowest BCUT2D eigenvalue weighted by molar-refractivity contribution is -0.119. The van der Waals surface area contributed by atoms with Gasteiger partial charge in [-0.05, 0) is 26.7 Å². The van der Waals surface area contributed by atoms with Gasteiger partial charge in [0.2, 0.25) is 0 Å². The first kappa shape index (κ1) is 11.3. The summed E-state index contributed by atoms with van der Waals surface area (Å²) in [5.41, 5.74) is 0.0246. The summed E-state index contributed by atoms with van der Waals surface area (Å²) < 4.78 is 0. The van der Waals surface area contributed by atoms with E-state index in [1.165, 1.54) is 19.3 Å². The molecule has 1 saturated carbocycles. The Hall–Kier alpha value is -0.770. The highest BCUT2D eigenvalue weighted by Crippen LogP contribution is 2.29. The third-order valence-corrected chi connectivity index (χ3v) is 2.49. The molecular formula is C13H20O. The summed E-state index contributed by atoms with van der Waals surface area (Å²) >= 11 is 0. The minimum Gasteiger partial charge on any atom is -0.299 e. The van der Waals surface area contributed by atoms with E-state index >= 15 is 0 Å². The number of Topliss-reactive ketones (excluding diaryl/α,β-unsaturated/α-hetero) is 1. The molecule has 0 bridgehead atoms. The van der Waals surface area contributed by atoms with Crippen LogP contribution < -0.4 is 0 Å². The van der Waals surface area contributed by atoms with E-state index < -0.39 is 0 Å². The highest BCUT2D eigenvalue weighted by Gasteiger charge is 2.19. The molecule has 0 aromatic carbocycles. The summed E-state index contributed by atoms with van der Waals surface area (Å²) in [5, 5.41) is 0. The van der Waals surface area contributed by atoms with Crippen molar-refractivity contribution in [1.82, 2.24) is 0 Å². The Balaban J connectivity index is 2.22. The maximum atomic E-state index is 11.4. The molecule has 0 spiro atoms. The van der Waals surface area contributed by atoms with Crippen LogP contribution in [0.4, 0.5) is 0 Å². The zero-order valence-corrected chi connectivity index (χ0v) is 9.52. The second kappa shape index (κ2) is 4.64. The summed E-state index contributed by atoms with van der Waals surface area (Å²) in [6.45, 7) is 6.20. The van der Waals surface area contributed by atoms with Crippen molar-refractivity contribution in [2.75, 3.05) is 0 Å². The van der Waals surface area contributed by atoms with Crippen molar-refractivity contribution in [3.63, 3.8) is 0 Å². The highest BCUT2D eigenvalue weighted by molar-refractivity contribution is 5.81. The van der Waals surface area contributed by atoms with Crippen LogP contribution in [0.2, 0.25) is 0 Å². The summed E-state index contributed by atoms with van der Waals surface area (Å²) in [4.78, 5) is 11.4. The fourth-order valence-corrected chi connectivity index (χ4v) is 1.50. The first-order valence-electron chi connectivity index (χ1n) is 5.49. The number of hydrogen-bond donors (Lipinski definition) is 0. The molecule has 14 heavy (non-hydrogen) atoms. The Morgan fingerprint density at radius 1 is 1.36 bits per heavy atom. The predicted octanol–water partition coefficient (Wildman–Crippen LogP) is 3.19. The lowest BCUT2D eigenvalue weighted by Crippen LogP contribution is -2.15. The van der Waals surface area contributed by atoms with Crippen LogP contribution >= 0.6 is 0 Å². The van der Waals surface area contributed by atoms with Gasteiger partial charge in [-0.15, -0.1) is 0 Å². The number of hydrogen-bond acceptors (Lipinski definition) is 1. The molecular weight excluding hydrogens is 172 g/mol. The Morgan fingerprint density at radius 2 is 2.00 bits per heavy atom. The van der Waals surface area contributed by atoms with E-state index in [-0.39, 0.29) is 5.41 Å². The van der Waals surface area contributed by atoms with Gasteiger partial charge in [-0.3, -0.25) is 4.79 Å². The van der Waals surface area contributed by atoms with Crippen molar-refractivity contribution in [2.45, 2.75) is 52.9 Å². The molecule has 0 unspecified atom stereocenters. The SMILES string of the molecule is CC(C)(C)C#CCC(=O)CC1CCC1. The normalized spacial score (nSPS) is 16.8. The van der Waals surface area contributed by atoms with Gasteiger partial charge in [-0.2, -0.15) is 0 Å². The molecule has 1 aliphatic rings. The molecule has 0 saturated heterocycles. The Kier molecular flexibility index (Phi) is 3.75. The van der Waals surface area contributed by atoms with Crippen LogP contribution in [-0.2, 0) is 4.79 Å². The van der Waals surface area contributed by atoms with Gasteiger partial charge in [0.05, 0.1) is 6.42 Å². The zero-order valence-electron chi connectivity index (χ0n) is 9.52. The molecule has 1 nitrogen and oxygen atoms in total. The van der Waals surface area contributed by atoms with E-state index in [9.17, 15) is 4.79 Å². The molecule has 0 aliphatic heterocycles. The molecule has 0 N–H and O–H groups in total. The first-order valence-corrected chi connectivity index (χ1v) is 5.49. The van der Waals surface area contributed by atoms with E-state index in [1.807, 2.05) is 0 Å². The van der Waals surface area contributed by atoms with Gasteiger partial charge in [-0.1, -0.05) is 31.1 Å². The second-order valence-electron chi connectivity index (χ2n) is 5.27. The average Bonchev–Trinajstić information content (AvgIpc) is 1.94. The molecule has 0 amide bonds. The molecule has 1 aliphatic carbocycles. The van der Waals surface area contributed by atoms with Crippen molar-refractivity contribution < 1.29 is 4.79 Å². The molecule has 78 valence electrons. The third-order valence-electron chi connectivity index (χ3n) is 2.49. The van der Waals surface area contributed by atoms with Crippen LogP contribution in [0.5, 0.6) is 0 Å². The average molecular weight is 192 g/mol. The summed E-state index contributed by atoms with van der Waals surface area (Å²) in [5.74, 6) is 7.08. The van der Waals surface area contributed by atoms with Gasteiger partial charge < -0.3 is 0 Å². The minimum absolute atomic E-state index is 0.0246. The molecule has 0 aromatic rings. The van der Waals surface area contributed by atoms with Crippen molar-refractivity contribution in [3.05, 3.63) is 0 Å². The maximum Gasteiger partial charge on any atom is 0.145 e. The first-order chi connectivity index (χ1) is 6.47. The largest absolute Gasteiger partial charge is 0.299 e. The van der Waals surface area contributed by atoms with E-state index in [2.05, 4.69) is 32.6 Å². The number of carbonyl (C=O) groups excluding carboxylic acids is 1. The van der Waals surface area contributed by atoms with Crippen molar-refractivity contribution >= 4 is 5.78 Å². The lowest BCUT2D eigenvalue weighted by atomic mass is 9.81. The van der Waals surface area contributed by atoms with E-state index in [4.69, 9.17) is 0 Å². The smallest absolute Gasteiger partial charge is 0.145 e. The molecule has 0 radical (unpaired) electrons. The molecule has 1 fully saturated rings. The van der Waals surface area contributed by atoms with Crippen LogP contribution in [0, 0.1) is 23.2 Å². The predicted molar refractivity (Wildman–Crippen MR) is 58.8 cm³/mol. The molecule has 0 aromatic heterocycles. The van der Waals surface area contributed by atoms with Crippen LogP contribution in [-0.4, -0.2) is 5.78 Å². The van der Waals surface area contributed by atoms with Crippen molar-refractivity contribution in [2.24, 2.45) is 11.3 Å². The van der Waals surface area contributed by atoms with Gasteiger partial charge in [-0.25, -0.2) is 0 Å². The summed E-state index contributed by atoms with van der Waals surface area (Å²) in [6.07, 6.45) is 5.02. The minimum atomic E-state index is 0.0246. The second-order valence-corrected chi connectivity index (χ2v) is 5.27. The molecule has 1 rings (SSSR count). The number of ketones is 1. The van der Waals surface area contributed by atoms with Gasteiger partial charge in [0, 0.05) is 11.8 Å². The Morgan fingerprint density at radius 3 is 2.43 bits per heavy atom. The topological polar surface area (TPSA) is 17.1 Å². The summed E-state index contributed by atoms with van der Waals surface area (Å²) in [6, 6.07) is 0. The molecule has 0 atom stereocenters. The van der Waals surface area contributed by atoms with Crippen LogP contribution in [0.3, 0.4) is 0 Å². The quantitative estimate of drug-likeness (QED) is 0.628. The van der Waals surface area contributed by atoms with Crippen LogP contribution in [0.25, 0.3) is 0 Å².